The third-order valence-electron chi connectivity index (χ3n) is 8.94. The van der Waals surface area contributed by atoms with E-state index >= 15 is 0 Å². The maximum Gasteiger partial charge on any atom is 0.278 e. The lowest BCUT2D eigenvalue weighted by Crippen LogP contribution is -2.49. The Hall–Kier alpha value is -3.86. The van der Waals surface area contributed by atoms with Crippen LogP contribution >= 0.6 is 0 Å². The molecule has 2 N–H and O–H groups in total. The van der Waals surface area contributed by atoms with Crippen LogP contribution in [0.3, 0.4) is 0 Å². The molecule has 0 atom stereocenters. The van der Waals surface area contributed by atoms with Gasteiger partial charge < -0.3 is 15.3 Å². The summed E-state index contributed by atoms with van der Waals surface area (Å²) in [6.45, 7) is 12.2. The highest BCUT2D eigenvalue weighted by molar-refractivity contribution is 5.77. The fourth-order valence-corrected chi connectivity index (χ4v) is 6.42. The van der Waals surface area contributed by atoms with E-state index in [0.717, 1.165) is 11.7 Å². The zero-order valence-electron chi connectivity index (χ0n) is 25.4. The first-order valence-corrected chi connectivity index (χ1v) is 15.3. The van der Waals surface area contributed by atoms with Gasteiger partial charge in [-0.15, -0.1) is 6.58 Å². The van der Waals surface area contributed by atoms with Crippen molar-refractivity contribution in [2.24, 2.45) is 0 Å². The molecule has 10 nitrogen and oxygen atoms in total. The van der Waals surface area contributed by atoms with E-state index in [-0.39, 0.29) is 12.1 Å². The molecule has 1 aliphatic heterocycles. The van der Waals surface area contributed by atoms with Crippen LogP contribution in [0.4, 0.5) is 11.6 Å². The van der Waals surface area contributed by atoms with Crippen LogP contribution in [0.1, 0.15) is 56.7 Å². The van der Waals surface area contributed by atoms with Gasteiger partial charge in [-0.05, 0) is 82.3 Å². The monoisotopic (exact) mass is 582 g/mol. The zero-order valence-corrected chi connectivity index (χ0v) is 25.4. The predicted molar refractivity (Wildman–Crippen MR) is 170 cm³/mol. The Morgan fingerprint density at radius 1 is 1.02 bits per heavy atom. The minimum Gasteiger partial charge on any atom is -0.384 e. The van der Waals surface area contributed by atoms with Gasteiger partial charge in [0.15, 0.2) is 11.5 Å². The van der Waals surface area contributed by atoms with E-state index < -0.39 is 5.60 Å². The van der Waals surface area contributed by atoms with Crippen LogP contribution in [-0.2, 0) is 12.1 Å². The lowest BCUT2D eigenvalue weighted by Gasteiger charge is -2.41. The van der Waals surface area contributed by atoms with Crippen molar-refractivity contribution in [1.29, 1.82) is 0 Å². The minimum absolute atomic E-state index is 0.233. The molecule has 0 amide bonds. The first-order valence-electron chi connectivity index (χ1n) is 15.3. The summed E-state index contributed by atoms with van der Waals surface area (Å²) in [5.74, 6) is 1.46. The molecule has 0 radical (unpaired) electrons. The molecule has 3 aromatic heterocycles. The Kier molecular flexibility index (Phi) is 8.17. The molecule has 43 heavy (non-hydrogen) atoms. The number of hydrogen-bond acceptors (Lipinski definition) is 8. The van der Waals surface area contributed by atoms with Crippen molar-refractivity contribution >= 4 is 22.7 Å². The van der Waals surface area contributed by atoms with Crippen LogP contribution in [0.2, 0.25) is 0 Å². The summed E-state index contributed by atoms with van der Waals surface area (Å²) in [7, 11) is 2.22. The molecule has 4 aromatic rings. The van der Waals surface area contributed by atoms with Crippen molar-refractivity contribution in [2.75, 3.05) is 38.5 Å². The van der Waals surface area contributed by atoms with Gasteiger partial charge in [-0.3, -0.25) is 9.69 Å². The van der Waals surface area contributed by atoms with Gasteiger partial charge in [-0.1, -0.05) is 24.3 Å². The van der Waals surface area contributed by atoms with Gasteiger partial charge in [0.1, 0.15) is 11.0 Å². The lowest BCUT2D eigenvalue weighted by atomic mass is 9.81. The Labute approximate surface area is 252 Å². The van der Waals surface area contributed by atoms with Gasteiger partial charge in [-0.2, -0.15) is 4.98 Å². The molecule has 1 saturated heterocycles. The number of piperazine rings is 1. The standard InChI is InChI=1S/C33H42N8O2/c1-5-17-40-31(42)27-22-34-32(37-30(27)41(40)29-8-6-7-28(36-29)33(2,3)43)35-25-13-9-23(10-14-25)24-11-15-26(16-12-24)39-20-18-38(4)19-21-39/h5-10,13-14,22,24,26,43H,1,11-12,15-21H2,2-4H3,(H,34,35,37). The minimum atomic E-state index is -1.14. The average Bonchev–Trinajstić information content (AvgIpc) is 3.28. The number of fused-ring (bicyclic) bond motifs is 1. The summed E-state index contributed by atoms with van der Waals surface area (Å²) in [5, 5.41) is 14.2. The largest absolute Gasteiger partial charge is 0.384 e. The van der Waals surface area contributed by atoms with Crippen LogP contribution in [0.25, 0.3) is 16.9 Å². The third-order valence-corrected chi connectivity index (χ3v) is 8.94. The van der Waals surface area contributed by atoms with Crippen LogP contribution in [0, 0.1) is 0 Å². The van der Waals surface area contributed by atoms with Gasteiger partial charge in [0.2, 0.25) is 5.95 Å². The summed E-state index contributed by atoms with van der Waals surface area (Å²) in [6, 6.07) is 14.7. The average molecular weight is 583 g/mol. The number of hydrogen-bond donors (Lipinski definition) is 2. The fourth-order valence-electron chi connectivity index (χ4n) is 6.42. The van der Waals surface area contributed by atoms with Crippen molar-refractivity contribution in [3.05, 3.63) is 82.9 Å². The van der Waals surface area contributed by atoms with Crippen LogP contribution in [-0.4, -0.2) is 78.5 Å². The molecule has 2 fully saturated rings. The van der Waals surface area contributed by atoms with E-state index in [0.29, 0.717) is 34.4 Å². The second-order valence-electron chi connectivity index (χ2n) is 12.5. The van der Waals surface area contributed by atoms with E-state index in [1.165, 1.54) is 62.1 Å². The van der Waals surface area contributed by atoms with Gasteiger partial charge in [-0.25, -0.2) is 19.3 Å². The van der Waals surface area contributed by atoms with E-state index in [4.69, 9.17) is 4.98 Å². The molecule has 0 unspecified atom stereocenters. The Morgan fingerprint density at radius 3 is 2.42 bits per heavy atom. The second-order valence-corrected chi connectivity index (χ2v) is 12.5. The number of aromatic nitrogens is 5. The van der Waals surface area contributed by atoms with Gasteiger partial charge in [0, 0.05) is 44.1 Å². The highest BCUT2D eigenvalue weighted by Gasteiger charge is 2.28. The van der Waals surface area contributed by atoms with Crippen molar-refractivity contribution < 1.29 is 5.11 Å². The Morgan fingerprint density at radius 2 is 1.74 bits per heavy atom. The molecule has 1 aromatic carbocycles. The van der Waals surface area contributed by atoms with Crippen LogP contribution < -0.4 is 10.9 Å². The number of anilines is 2. The topological polar surface area (TPSA) is 104 Å². The summed E-state index contributed by atoms with van der Waals surface area (Å²) >= 11 is 0. The second kappa shape index (κ2) is 12.0. The highest BCUT2D eigenvalue weighted by Crippen LogP contribution is 2.35. The summed E-state index contributed by atoms with van der Waals surface area (Å²) in [4.78, 5) is 32.3. The molecule has 10 heteroatoms. The number of rotatable bonds is 8. The molecule has 1 saturated carbocycles. The number of benzene rings is 1. The third kappa shape index (κ3) is 6.13. The number of pyridine rings is 1. The summed E-state index contributed by atoms with van der Waals surface area (Å²) in [6.07, 6.45) is 8.20. The van der Waals surface area contributed by atoms with E-state index in [9.17, 15) is 9.90 Å². The Balaban J connectivity index is 1.20. The van der Waals surface area contributed by atoms with E-state index in [2.05, 4.69) is 63.0 Å². The first kappa shape index (κ1) is 29.2. The maximum atomic E-state index is 13.3. The SMILES string of the molecule is C=CCn1c(=O)c2cnc(Nc3ccc(C4CCC(N5CCN(C)CC5)CC4)cc3)nc2n1-c1cccc(C(C)(C)O)n1. The zero-order chi connectivity index (χ0) is 30.1. The quantitative estimate of drug-likeness (QED) is 0.295. The van der Waals surface area contributed by atoms with E-state index in [1.807, 2.05) is 6.07 Å². The first-order chi connectivity index (χ1) is 20.7. The van der Waals surface area contributed by atoms with Crippen molar-refractivity contribution in [3.63, 3.8) is 0 Å². The maximum absolute atomic E-state index is 13.3. The summed E-state index contributed by atoms with van der Waals surface area (Å²) in [5.41, 5.74) is 1.81. The number of allylic oxidation sites excluding steroid dienone is 1. The Bertz CT molecular complexity index is 1640. The number of aliphatic hydroxyl groups is 1. The molecule has 4 heterocycles. The molecule has 0 spiro atoms. The van der Waals surface area contributed by atoms with Gasteiger partial charge in [0.25, 0.3) is 5.56 Å². The predicted octanol–water partition coefficient (Wildman–Crippen LogP) is 4.41. The van der Waals surface area contributed by atoms with Gasteiger partial charge in [0.05, 0.1) is 12.2 Å². The molecule has 0 bridgehead atoms. The highest BCUT2D eigenvalue weighted by atomic mass is 16.3. The van der Waals surface area contributed by atoms with Crippen LogP contribution in [0.5, 0.6) is 0 Å². The van der Waals surface area contributed by atoms with Gasteiger partial charge >= 0.3 is 0 Å². The van der Waals surface area contributed by atoms with Crippen molar-refractivity contribution in [1.82, 2.24) is 34.1 Å². The molecule has 6 rings (SSSR count). The lowest BCUT2D eigenvalue weighted by molar-refractivity contribution is 0.0738. The smallest absolute Gasteiger partial charge is 0.278 e. The molecule has 1 aliphatic carbocycles. The molecule has 226 valence electrons. The molecule has 2 aliphatic rings. The van der Waals surface area contributed by atoms with Crippen LogP contribution in [0.15, 0.2) is 66.1 Å². The fraction of sp³-hybridized carbons (Fsp3) is 0.455. The molecular weight excluding hydrogens is 540 g/mol. The van der Waals surface area contributed by atoms with Crippen molar-refractivity contribution in [3.8, 4) is 5.82 Å². The molecular formula is C33H42N8O2. The number of likely N-dealkylation sites (N-methyl/N-ethyl adjacent to an activating group) is 1. The summed E-state index contributed by atoms with van der Waals surface area (Å²) < 4.78 is 3.20. The van der Waals surface area contributed by atoms with E-state index in [1.54, 1.807) is 42.9 Å². The normalized spacial score (nSPS) is 20.4. The number of nitrogens with zero attached hydrogens (tertiary/aromatic N) is 7. The van der Waals surface area contributed by atoms with Crippen molar-refractivity contribution in [2.45, 2.75) is 63.6 Å². The number of nitrogens with one attached hydrogen (secondary N) is 1.